The van der Waals surface area contributed by atoms with Gasteiger partial charge >= 0.3 is 0 Å². The number of nitrogens with zero attached hydrogens (tertiary/aromatic N) is 2. The third-order valence-corrected chi connectivity index (χ3v) is 6.96. The van der Waals surface area contributed by atoms with Gasteiger partial charge in [0.1, 0.15) is 24.9 Å². The molecule has 0 radical (unpaired) electrons. The van der Waals surface area contributed by atoms with Crippen molar-refractivity contribution in [1.82, 2.24) is 20.4 Å². The number of carbonyl (C=O) groups excluding carboxylic acids is 4. The summed E-state index contributed by atoms with van der Waals surface area (Å²) in [6.07, 6.45) is 10.4. The molecule has 9 heteroatoms. The molecule has 0 aromatic rings. The van der Waals surface area contributed by atoms with Gasteiger partial charge in [0.2, 0.25) is 17.7 Å². The molecule has 2 heterocycles. The summed E-state index contributed by atoms with van der Waals surface area (Å²) in [5.74, 6) is -0.231. The third-order valence-electron chi connectivity index (χ3n) is 6.96. The Kier molecular flexibility index (Phi) is 12.5. The quantitative estimate of drug-likeness (QED) is 0.303. The summed E-state index contributed by atoms with van der Waals surface area (Å²) in [6.45, 7) is 3.66. The normalized spacial score (nSPS) is 20.5. The highest BCUT2D eigenvalue weighted by molar-refractivity contribution is 5.97. The Hall–Kier alpha value is -2.00. The van der Waals surface area contributed by atoms with Crippen molar-refractivity contribution in [1.29, 1.82) is 0 Å². The molecule has 3 amide bonds. The van der Waals surface area contributed by atoms with Crippen LogP contribution in [0.2, 0.25) is 0 Å². The molecule has 0 aliphatic carbocycles. The van der Waals surface area contributed by atoms with Gasteiger partial charge in [-0.15, -0.1) is 0 Å². The summed E-state index contributed by atoms with van der Waals surface area (Å²) in [5.41, 5.74) is 0. The molecule has 0 saturated carbocycles. The molecule has 9 nitrogen and oxygen atoms in total. The minimum absolute atomic E-state index is 0.141. The highest BCUT2D eigenvalue weighted by Crippen LogP contribution is 2.17. The Balaban J connectivity index is 1.45. The third kappa shape index (κ3) is 9.33. The number of ketones is 1. The molecule has 2 rings (SSSR count). The zero-order valence-corrected chi connectivity index (χ0v) is 21.0. The van der Waals surface area contributed by atoms with Crippen molar-refractivity contribution in [2.24, 2.45) is 5.92 Å². The van der Waals surface area contributed by atoms with Crippen LogP contribution in [0.5, 0.6) is 0 Å². The van der Waals surface area contributed by atoms with Crippen LogP contribution in [0.4, 0.5) is 0 Å². The Labute approximate surface area is 204 Å². The lowest BCUT2D eigenvalue weighted by molar-refractivity contribution is -0.159. The average Bonchev–Trinajstić information content (AvgIpc) is 2.81. The number of piperidine rings is 1. The Morgan fingerprint density at radius 1 is 1.03 bits per heavy atom. The SMILES string of the molecule is C[C@@H](O)C1C(=O)N(CC(=O)NCCCCCCCCCCC(=O)C2CCNCC2)CC(=O)N1C. The first-order valence-corrected chi connectivity index (χ1v) is 13.0. The molecule has 1 unspecified atom stereocenters. The number of hydrogen-bond donors (Lipinski definition) is 3. The molecule has 0 bridgehead atoms. The van der Waals surface area contributed by atoms with Gasteiger partial charge in [-0.2, -0.15) is 0 Å². The highest BCUT2D eigenvalue weighted by atomic mass is 16.3. The number of nitrogens with one attached hydrogen (secondary N) is 2. The molecule has 194 valence electrons. The first-order valence-electron chi connectivity index (χ1n) is 13.0. The predicted molar refractivity (Wildman–Crippen MR) is 130 cm³/mol. The second-order valence-electron chi connectivity index (χ2n) is 9.80. The minimum atomic E-state index is -0.992. The summed E-state index contributed by atoms with van der Waals surface area (Å²) >= 11 is 0. The van der Waals surface area contributed by atoms with Gasteiger partial charge in [-0.1, -0.05) is 38.5 Å². The number of aliphatic hydroxyl groups is 1. The fourth-order valence-corrected chi connectivity index (χ4v) is 4.81. The number of hydrogen-bond acceptors (Lipinski definition) is 6. The van der Waals surface area contributed by atoms with Crippen LogP contribution in [0.15, 0.2) is 0 Å². The fraction of sp³-hybridized carbons (Fsp3) is 0.840. The number of amides is 3. The second kappa shape index (κ2) is 15.1. The maximum atomic E-state index is 12.5. The molecule has 2 atom stereocenters. The first kappa shape index (κ1) is 28.2. The maximum Gasteiger partial charge on any atom is 0.248 e. The standard InChI is InChI=1S/C25H44N4O5/c1-19(30)24-25(34)29(18-23(33)28(24)2)17-22(32)27-14-10-8-6-4-3-5-7-9-11-21(31)20-12-15-26-16-13-20/h19-20,24,26,30H,3-18H2,1-2H3,(H,27,32)/t19-,24?/m1/s1. The van der Waals surface area contributed by atoms with Gasteiger partial charge < -0.3 is 25.5 Å². The Morgan fingerprint density at radius 2 is 1.62 bits per heavy atom. The van der Waals surface area contributed by atoms with Gasteiger partial charge in [0.05, 0.1) is 6.10 Å². The lowest BCUT2D eigenvalue weighted by atomic mass is 9.90. The van der Waals surface area contributed by atoms with Gasteiger partial charge in [0.15, 0.2) is 0 Å². The minimum Gasteiger partial charge on any atom is -0.391 e. The molecular formula is C25H44N4O5. The summed E-state index contributed by atoms with van der Waals surface area (Å²) in [6, 6.07) is -0.941. The fourth-order valence-electron chi connectivity index (χ4n) is 4.81. The molecule has 0 spiro atoms. The number of unbranched alkanes of at least 4 members (excludes halogenated alkanes) is 7. The van der Waals surface area contributed by atoms with Gasteiger partial charge in [0, 0.05) is 25.9 Å². The monoisotopic (exact) mass is 480 g/mol. The smallest absolute Gasteiger partial charge is 0.248 e. The van der Waals surface area contributed by atoms with E-state index in [1.54, 1.807) is 0 Å². The average molecular weight is 481 g/mol. The van der Waals surface area contributed by atoms with Gasteiger partial charge in [-0.25, -0.2) is 0 Å². The van der Waals surface area contributed by atoms with E-state index in [-0.39, 0.29) is 30.8 Å². The molecule has 2 fully saturated rings. The molecule has 3 N–H and O–H groups in total. The largest absolute Gasteiger partial charge is 0.391 e. The predicted octanol–water partition coefficient (Wildman–Crippen LogP) is 1.23. The van der Waals surface area contributed by atoms with Crippen molar-refractivity contribution in [2.75, 3.05) is 39.8 Å². The van der Waals surface area contributed by atoms with E-state index in [1.807, 2.05) is 0 Å². The highest BCUT2D eigenvalue weighted by Gasteiger charge is 2.40. The number of likely N-dealkylation sites (N-methyl/N-ethyl adjacent to an activating group) is 1. The first-order chi connectivity index (χ1) is 16.3. The van der Waals surface area contributed by atoms with Crippen LogP contribution in [0.1, 0.15) is 77.6 Å². The number of rotatable bonds is 15. The molecule has 0 aromatic heterocycles. The molecule has 2 aliphatic rings. The number of Topliss-reactive ketones (excluding diaryl/α,β-unsaturated/α-hetero) is 1. The summed E-state index contributed by atoms with van der Waals surface area (Å²) in [5, 5.41) is 15.9. The topological polar surface area (TPSA) is 119 Å². The van der Waals surface area contributed by atoms with Crippen molar-refractivity contribution in [3.05, 3.63) is 0 Å². The Bertz CT molecular complexity index is 678. The van der Waals surface area contributed by atoms with Crippen LogP contribution in [0, 0.1) is 5.92 Å². The van der Waals surface area contributed by atoms with Crippen molar-refractivity contribution in [3.63, 3.8) is 0 Å². The van der Waals surface area contributed by atoms with Crippen LogP contribution in [-0.2, 0) is 19.2 Å². The van der Waals surface area contributed by atoms with E-state index in [0.29, 0.717) is 12.3 Å². The zero-order chi connectivity index (χ0) is 24.9. The lowest BCUT2D eigenvalue weighted by Gasteiger charge is -2.39. The van der Waals surface area contributed by atoms with E-state index in [2.05, 4.69) is 10.6 Å². The molecular weight excluding hydrogens is 436 g/mol. The summed E-state index contributed by atoms with van der Waals surface area (Å²) in [7, 11) is 1.49. The van der Waals surface area contributed by atoms with Crippen molar-refractivity contribution < 1.29 is 24.3 Å². The van der Waals surface area contributed by atoms with Gasteiger partial charge in [-0.05, 0) is 45.7 Å². The van der Waals surface area contributed by atoms with Crippen molar-refractivity contribution >= 4 is 23.5 Å². The molecule has 2 aliphatic heterocycles. The van der Waals surface area contributed by atoms with Crippen LogP contribution in [-0.4, -0.2) is 90.3 Å². The van der Waals surface area contributed by atoms with E-state index in [1.165, 1.54) is 36.6 Å². The van der Waals surface area contributed by atoms with Gasteiger partial charge in [-0.3, -0.25) is 19.2 Å². The van der Waals surface area contributed by atoms with Crippen LogP contribution >= 0.6 is 0 Å². The van der Waals surface area contributed by atoms with E-state index in [4.69, 9.17) is 0 Å². The van der Waals surface area contributed by atoms with Gasteiger partial charge in [0.25, 0.3) is 0 Å². The van der Waals surface area contributed by atoms with E-state index < -0.39 is 18.1 Å². The van der Waals surface area contributed by atoms with E-state index in [9.17, 15) is 24.3 Å². The maximum absolute atomic E-state index is 12.5. The zero-order valence-electron chi connectivity index (χ0n) is 21.0. The molecule has 0 aromatic carbocycles. The second-order valence-corrected chi connectivity index (χ2v) is 9.80. The van der Waals surface area contributed by atoms with Crippen molar-refractivity contribution in [2.45, 2.75) is 89.7 Å². The molecule has 2 saturated heterocycles. The van der Waals surface area contributed by atoms with Crippen LogP contribution in [0.25, 0.3) is 0 Å². The van der Waals surface area contributed by atoms with Crippen LogP contribution < -0.4 is 10.6 Å². The van der Waals surface area contributed by atoms with E-state index >= 15 is 0 Å². The summed E-state index contributed by atoms with van der Waals surface area (Å²) in [4.78, 5) is 51.4. The summed E-state index contributed by atoms with van der Waals surface area (Å²) < 4.78 is 0. The van der Waals surface area contributed by atoms with Crippen LogP contribution in [0.3, 0.4) is 0 Å². The number of piperazine rings is 1. The molecule has 34 heavy (non-hydrogen) atoms. The van der Waals surface area contributed by atoms with Crippen molar-refractivity contribution in [3.8, 4) is 0 Å². The number of aliphatic hydroxyl groups excluding tert-OH is 1. The van der Waals surface area contributed by atoms with E-state index in [0.717, 1.165) is 70.9 Å². The lowest BCUT2D eigenvalue weighted by Crippen LogP contribution is -2.63. The number of carbonyl (C=O) groups is 4. The Morgan fingerprint density at radius 3 is 2.24 bits per heavy atom.